The van der Waals surface area contributed by atoms with E-state index in [1.54, 1.807) is 26.2 Å². The quantitative estimate of drug-likeness (QED) is 0.612. The Kier molecular flexibility index (Phi) is 8.69. The summed E-state index contributed by atoms with van der Waals surface area (Å²) in [6, 6.07) is 3.11. The van der Waals surface area contributed by atoms with Gasteiger partial charge in [-0.2, -0.15) is 0 Å². The Morgan fingerprint density at radius 1 is 1.13 bits per heavy atom. The maximum atomic E-state index is 12.9. The van der Waals surface area contributed by atoms with Crippen LogP contribution in [0.15, 0.2) is 12.1 Å². The second kappa shape index (κ2) is 10.8. The van der Waals surface area contributed by atoms with Gasteiger partial charge in [0.05, 0.1) is 31.2 Å². The number of nitrogens with one attached hydrogen (secondary N) is 1. The van der Waals surface area contributed by atoms with Gasteiger partial charge in [0.2, 0.25) is 15.9 Å². The van der Waals surface area contributed by atoms with Crippen molar-refractivity contribution in [2.24, 2.45) is 5.92 Å². The van der Waals surface area contributed by atoms with E-state index < -0.39 is 10.0 Å². The predicted molar refractivity (Wildman–Crippen MR) is 119 cm³/mol. The van der Waals surface area contributed by atoms with Crippen molar-refractivity contribution in [2.75, 3.05) is 52.5 Å². The Hall–Kier alpha value is -2.33. The number of carbonyl (C=O) groups excluding carboxylic acids is 2. The zero-order valence-corrected chi connectivity index (χ0v) is 19.8. The van der Waals surface area contributed by atoms with Crippen molar-refractivity contribution in [3.8, 4) is 11.5 Å². The molecule has 0 radical (unpaired) electrons. The first-order valence-electron chi connectivity index (χ1n) is 10.4. The largest absolute Gasteiger partial charge is 0.493 e. The van der Waals surface area contributed by atoms with E-state index in [9.17, 15) is 18.0 Å². The summed E-state index contributed by atoms with van der Waals surface area (Å²) in [5.41, 5.74) is 0.620. The summed E-state index contributed by atoms with van der Waals surface area (Å²) in [7, 11) is 2.92. The molecule has 0 aromatic heterocycles. The van der Waals surface area contributed by atoms with Gasteiger partial charge in [0.1, 0.15) is 0 Å². The summed E-state index contributed by atoms with van der Waals surface area (Å²) in [5, 5.41) is 2.84. The number of sulfonamides is 1. The third-order valence-corrected chi connectivity index (χ3v) is 7.35. The summed E-state index contributed by atoms with van der Waals surface area (Å²) in [6.07, 6.45) is 2.31. The van der Waals surface area contributed by atoms with Crippen LogP contribution in [0, 0.1) is 5.92 Å². The molecule has 10 heteroatoms. The van der Waals surface area contributed by atoms with E-state index in [2.05, 4.69) is 5.32 Å². The molecule has 31 heavy (non-hydrogen) atoms. The zero-order chi connectivity index (χ0) is 23.2. The lowest BCUT2D eigenvalue weighted by molar-refractivity contribution is -0.120. The fourth-order valence-electron chi connectivity index (χ4n) is 3.49. The van der Waals surface area contributed by atoms with Gasteiger partial charge < -0.3 is 19.7 Å². The van der Waals surface area contributed by atoms with E-state index in [0.717, 1.165) is 6.42 Å². The lowest BCUT2D eigenvalue weighted by Crippen LogP contribution is -2.42. The first-order chi connectivity index (χ1) is 14.6. The van der Waals surface area contributed by atoms with Crippen molar-refractivity contribution < 1.29 is 27.5 Å². The van der Waals surface area contributed by atoms with Crippen molar-refractivity contribution in [3.05, 3.63) is 17.7 Å². The standard InChI is InChI=1S/C21H33N3O6S/c1-6-7-12-31(27,28)24-10-8-15(9-11-24)20(25)22-17-14-19(30-5)18(29-4)13-16(17)21(26)23(2)3/h13-15H,6-12H2,1-5H3,(H,22,25). The number of nitrogens with zero attached hydrogens (tertiary/aromatic N) is 2. The maximum absolute atomic E-state index is 12.9. The molecule has 1 aromatic rings. The lowest BCUT2D eigenvalue weighted by atomic mass is 9.97. The molecule has 1 aliphatic heterocycles. The number of methoxy groups -OCH3 is 2. The highest BCUT2D eigenvalue weighted by molar-refractivity contribution is 7.89. The number of amides is 2. The Bertz CT molecular complexity index is 893. The summed E-state index contributed by atoms with van der Waals surface area (Å²) in [5.74, 6) is 0.0511. The number of piperidine rings is 1. The van der Waals surface area contributed by atoms with Crippen LogP contribution in [0.3, 0.4) is 0 Å². The van der Waals surface area contributed by atoms with Crippen LogP contribution in [-0.2, 0) is 14.8 Å². The molecule has 0 atom stereocenters. The number of anilines is 1. The predicted octanol–water partition coefficient (Wildman–Crippen LogP) is 2.19. The van der Waals surface area contributed by atoms with E-state index in [0.29, 0.717) is 49.5 Å². The van der Waals surface area contributed by atoms with Gasteiger partial charge in [-0.1, -0.05) is 13.3 Å². The summed E-state index contributed by atoms with van der Waals surface area (Å²) >= 11 is 0. The van der Waals surface area contributed by atoms with Crippen molar-refractivity contribution in [2.45, 2.75) is 32.6 Å². The minimum atomic E-state index is -3.28. The van der Waals surface area contributed by atoms with Crippen LogP contribution < -0.4 is 14.8 Å². The molecule has 1 fully saturated rings. The fourth-order valence-corrected chi connectivity index (χ4v) is 5.17. The van der Waals surface area contributed by atoms with Gasteiger partial charge in [0, 0.05) is 39.2 Å². The lowest BCUT2D eigenvalue weighted by Gasteiger charge is -2.30. The number of hydrogen-bond acceptors (Lipinski definition) is 6. The van der Waals surface area contributed by atoms with Gasteiger partial charge in [-0.05, 0) is 25.3 Å². The maximum Gasteiger partial charge on any atom is 0.255 e. The molecule has 2 amide bonds. The molecule has 1 heterocycles. The van der Waals surface area contributed by atoms with E-state index in [1.165, 1.54) is 23.4 Å². The highest BCUT2D eigenvalue weighted by Crippen LogP contribution is 2.34. The average molecular weight is 456 g/mol. The van der Waals surface area contributed by atoms with Gasteiger partial charge in [-0.3, -0.25) is 9.59 Å². The Morgan fingerprint density at radius 3 is 2.23 bits per heavy atom. The number of rotatable bonds is 9. The van der Waals surface area contributed by atoms with Crippen LogP contribution in [0.4, 0.5) is 5.69 Å². The van der Waals surface area contributed by atoms with Crippen LogP contribution in [0.1, 0.15) is 43.0 Å². The molecule has 1 aromatic carbocycles. The Labute approximate surface area is 184 Å². The molecule has 0 unspecified atom stereocenters. The summed E-state index contributed by atoms with van der Waals surface area (Å²) < 4.78 is 36.8. The van der Waals surface area contributed by atoms with Crippen LogP contribution in [0.25, 0.3) is 0 Å². The molecule has 0 spiro atoms. The molecular formula is C21H33N3O6S. The van der Waals surface area contributed by atoms with Crippen molar-refractivity contribution >= 4 is 27.5 Å². The summed E-state index contributed by atoms with van der Waals surface area (Å²) in [6.45, 7) is 2.59. The monoisotopic (exact) mass is 455 g/mol. The van der Waals surface area contributed by atoms with Crippen LogP contribution >= 0.6 is 0 Å². The van der Waals surface area contributed by atoms with Gasteiger partial charge in [0.25, 0.3) is 5.91 Å². The van der Waals surface area contributed by atoms with Crippen LogP contribution in [0.2, 0.25) is 0 Å². The molecule has 2 rings (SSSR count). The molecule has 0 bridgehead atoms. The van der Waals surface area contributed by atoms with Gasteiger partial charge >= 0.3 is 0 Å². The Morgan fingerprint density at radius 2 is 1.71 bits per heavy atom. The summed E-state index contributed by atoms with van der Waals surface area (Å²) in [4.78, 5) is 27.0. The first-order valence-corrected chi connectivity index (χ1v) is 12.0. The van der Waals surface area contributed by atoms with Crippen LogP contribution in [-0.4, -0.2) is 76.6 Å². The van der Waals surface area contributed by atoms with Gasteiger partial charge in [0.15, 0.2) is 11.5 Å². The molecule has 1 saturated heterocycles. The molecule has 0 aliphatic carbocycles. The zero-order valence-electron chi connectivity index (χ0n) is 18.9. The number of ether oxygens (including phenoxy) is 2. The molecule has 9 nitrogen and oxygen atoms in total. The highest BCUT2D eigenvalue weighted by atomic mass is 32.2. The first kappa shape index (κ1) is 24.9. The topological polar surface area (TPSA) is 105 Å². The van der Waals surface area contributed by atoms with Gasteiger partial charge in [-0.25, -0.2) is 12.7 Å². The fraction of sp³-hybridized carbons (Fsp3) is 0.619. The highest BCUT2D eigenvalue weighted by Gasteiger charge is 2.31. The number of hydrogen-bond donors (Lipinski definition) is 1. The molecule has 1 aliphatic rings. The number of carbonyl (C=O) groups is 2. The average Bonchev–Trinajstić information content (AvgIpc) is 2.76. The minimum absolute atomic E-state index is 0.141. The minimum Gasteiger partial charge on any atom is -0.493 e. The third-order valence-electron chi connectivity index (χ3n) is 5.39. The molecular weight excluding hydrogens is 422 g/mol. The van der Waals surface area contributed by atoms with Crippen molar-refractivity contribution in [3.63, 3.8) is 0 Å². The molecule has 1 N–H and O–H groups in total. The number of benzene rings is 1. The number of unbranched alkanes of at least 4 members (excludes halogenated alkanes) is 1. The van der Waals surface area contributed by atoms with E-state index in [-0.39, 0.29) is 29.0 Å². The van der Waals surface area contributed by atoms with Gasteiger partial charge in [-0.15, -0.1) is 0 Å². The third kappa shape index (κ3) is 6.10. The Balaban J connectivity index is 2.16. The second-order valence-electron chi connectivity index (χ2n) is 7.78. The normalized spacial score (nSPS) is 15.4. The van der Waals surface area contributed by atoms with Crippen LogP contribution in [0.5, 0.6) is 11.5 Å². The molecule has 0 saturated carbocycles. The van der Waals surface area contributed by atoms with Crippen molar-refractivity contribution in [1.82, 2.24) is 9.21 Å². The van der Waals surface area contributed by atoms with E-state index >= 15 is 0 Å². The SMILES string of the molecule is CCCCS(=O)(=O)N1CCC(C(=O)Nc2cc(OC)c(OC)cc2C(=O)N(C)C)CC1. The van der Waals surface area contributed by atoms with E-state index in [1.807, 2.05) is 6.92 Å². The molecule has 174 valence electrons. The smallest absolute Gasteiger partial charge is 0.255 e. The van der Waals surface area contributed by atoms with E-state index in [4.69, 9.17) is 9.47 Å². The van der Waals surface area contributed by atoms with Crippen molar-refractivity contribution in [1.29, 1.82) is 0 Å². The second-order valence-corrected chi connectivity index (χ2v) is 9.87.